The Morgan fingerprint density at radius 3 is 3.20 bits per heavy atom. The fourth-order valence-corrected chi connectivity index (χ4v) is 3.79. The maximum atomic E-state index is 5.53. The van der Waals surface area contributed by atoms with Crippen LogP contribution in [-0.4, -0.2) is 23.2 Å². The lowest BCUT2D eigenvalue weighted by Crippen LogP contribution is -2.19. The molecule has 1 aromatic heterocycles. The summed E-state index contributed by atoms with van der Waals surface area (Å²) in [7, 11) is 0. The van der Waals surface area contributed by atoms with Gasteiger partial charge in [-0.3, -0.25) is 4.99 Å². The van der Waals surface area contributed by atoms with Gasteiger partial charge in [-0.05, 0) is 42.4 Å². The molecule has 0 radical (unpaired) electrons. The predicted octanol–water partition coefficient (Wildman–Crippen LogP) is 4.01. The van der Waals surface area contributed by atoms with E-state index < -0.39 is 0 Å². The summed E-state index contributed by atoms with van der Waals surface area (Å²) in [5, 5.41) is 2.27. The number of hydrogen-bond acceptors (Lipinski definition) is 4. The third kappa shape index (κ3) is 1.58. The van der Waals surface area contributed by atoms with Gasteiger partial charge in [0.2, 0.25) is 0 Å². The number of furan rings is 1. The molecular formula is C16H14N2OS. The number of benzene rings is 1. The maximum Gasteiger partial charge on any atom is 0.168 e. The number of allylic oxidation sites excluding steroid dienone is 1. The van der Waals surface area contributed by atoms with E-state index in [0.29, 0.717) is 0 Å². The summed E-state index contributed by atoms with van der Waals surface area (Å²) in [4.78, 5) is 8.01. The van der Waals surface area contributed by atoms with Gasteiger partial charge in [-0.1, -0.05) is 12.7 Å². The summed E-state index contributed by atoms with van der Waals surface area (Å²) in [6.07, 6.45) is 3.73. The van der Waals surface area contributed by atoms with Crippen molar-refractivity contribution in [1.82, 2.24) is 4.90 Å². The van der Waals surface area contributed by atoms with Crippen molar-refractivity contribution in [2.75, 3.05) is 13.1 Å². The molecular weight excluding hydrogens is 268 g/mol. The molecule has 3 nitrogen and oxygen atoms in total. The van der Waals surface area contributed by atoms with Crippen LogP contribution in [0.1, 0.15) is 11.1 Å². The first-order valence-electron chi connectivity index (χ1n) is 6.62. The quantitative estimate of drug-likeness (QED) is 0.833. The molecule has 100 valence electrons. The van der Waals surface area contributed by atoms with Crippen LogP contribution in [0.25, 0.3) is 16.7 Å². The number of thioether (sulfide) groups is 1. The van der Waals surface area contributed by atoms with E-state index in [1.807, 2.05) is 18.4 Å². The number of aryl methyl sites for hydroxylation is 1. The van der Waals surface area contributed by atoms with Crippen LogP contribution in [0.4, 0.5) is 0 Å². The van der Waals surface area contributed by atoms with Gasteiger partial charge in [0.25, 0.3) is 0 Å². The second kappa shape index (κ2) is 4.28. The number of amidine groups is 1. The Balaban J connectivity index is 1.90. The van der Waals surface area contributed by atoms with Crippen LogP contribution in [0.5, 0.6) is 0 Å². The minimum absolute atomic E-state index is 0.878. The zero-order chi connectivity index (χ0) is 13.7. The highest BCUT2D eigenvalue weighted by Gasteiger charge is 2.31. The predicted molar refractivity (Wildman–Crippen MR) is 84.7 cm³/mol. The lowest BCUT2D eigenvalue weighted by molar-refractivity contribution is 0.613. The minimum Gasteiger partial charge on any atom is -0.464 e. The van der Waals surface area contributed by atoms with Crippen molar-refractivity contribution < 1.29 is 4.42 Å². The molecule has 20 heavy (non-hydrogen) atoms. The number of fused-ring (bicyclic) bond motifs is 2. The van der Waals surface area contributed by atoms with Crippen molar-refractivity contribution >= 4 is 33.6 Å². The summed E-state index contributed by atoms with van der Waals surface area (Å²) in [5.74, 6) is 0. The van der Waals surface area contributed by atoms with Gasteiger partial charge in [0.05, 0.1) is 18.5 Å². The first-order valence-corrected chi connectivity index (χ1v) is 7.44. The molecule has 4 rings (SSSR count). The Hall–Kier alpha value is -1.94. The molecule has 0 bridgehead atoms. The van der Waals surface area contributed by atoms with E-state index in [-0.39, 0.29) is 0 Å². The molecule has 0 saturated heterocycles. The van der Waals surface area contributed by atoms with Crippen LogP contribution >= 0.6 is 11.8 Å². The first kappa shape index (κ1) is 11.9. The SMILES string of the molecule is C=CC1=C(c2ccc3occ(C)c3c2)N2CCN=C2S1. The van der Waals surface area contributed by atoms with Crippen molar-refractivity contribution in [2.45, 2.75) is 6.92 Å². The van der Waals surface area contributed by atoms with E-state index in [9.17, 15) is 0 Å². The van der Waals surface area contributed by atoms with Gasteiger partial charge in [-0.15, -0.1) is 0 Å². The highest BCUT2D eigenvalue weighted by atomic mass is 32.2. The fraction of sp³-hybridized carbons (Fsp3) is 0.188. The third-order valence-corrected chi connectivity index (χ3v) is 4.84. The molecule has 0 amide bonds. The topological polar surface area (TPSA) is 28.7 Å². The van der Waals surface area contributed by atoms with E-state index in [0.717, 1.165) is 23.8 Å². The molecule has 3 heterocycles. The summed E-state index contributed by atoms with van der Waals surface area (Å²) < 4.78 is 5.53. The van der Waals surface area contributed by atoms with Gasteiger partial charge in [0, 0.05) is 22.4 Å². The number of nitrogens with zero attached hydrogens (tertiary/aromatic N) is 2. The molecule has 1 aromatic carbocycles. The van der Waals surface area contributed by atoms with Crippen LogP contribution in [-0.2, 0) is 0 Å². The largest absolute Gasteiger partial charge is 0.464 e. The lowest BCUT2D eigenvalue weighted by atomic mass is 10.1. The fourth-order valence-electron chi connectivity index (χ4n) is 2.74. The van der Waals surface area contributed by atoms with Gasteiger partial charge in [-0.25, -0.2) is 0 Å². The highest BCUT2D eigenvalue weighted by molar-refractivity contribution is 8.17. The molecule has 0 N–H and O–H groups in total. The molecule has 4 heteroatoms. The average molecular weight is 282 g/mol. The smallest absolute Gasteiger partial charge is 0.168 e. The average Bonchev–Trinajstić information content (AvgIpc) is 3.12. The highest BCUT2D eigenvalue weighted by Crippen LogP contribution is 2.42. The molecule has 0 spiro atoms. The molecule has 2 aromatic rings. The van der Waals surface area contributed by atoms with E-state index in [2.05, 4.69) is 35.5 Å². The Morgan fingerprint density at radius 2 is 2.35 bits per heavy atom. The van der Waals surface area contributed by atoms with Gasteiger partial charge in [0.1, 0.15) is 5.58 Å². The maximum absolute atomic E-state index is 5.53. The van der Waals surface area contributed by atoms with Crippen LogP contribution < -0.4 is 0 Å². The molecule has 0 atom stereocenters. The van der Waals surface area contributed by atoms with Crippen molar-refractivity contribution in [3.8, 4) is 0 Å². The van der Waals surface area contributed by atoms with Gasteiger partial charge in [-0.2, -0.15) is 0 Å². The zero-order valence-corrected chi connectivity index (χ0v) is 12.0. The minimum atomic E-state index is 0.878. The zero-order valence-electron chi connectivity index (χ0n) is 11.2. The van der Waals surface area contributed by atoms with E-state index in [1.54, 1.807) is 11.8 Å². The molecule has 0 fully saturated rings. The van der Waals surface area contributed by atoms with Crippen molar-refractivity contribution in [3.63, 3.8) is 0 Å². The summed E-state index contributed by atoms with van der Waals surface area (Å²) in [5.41, 5.74) is 4.54. The van der Waals surface area contributed by atoms with Crippen LogP contribution in [0.3, 0.4) is 0 Å². The van der Waals surface area contributed by atoms with Crippen LogP contribution in [0.2, 0.25) is 0 Å². The number of aliphatic imine (C=N–C) groups is 1. The Morgan fingerprint density at radius 1 is 1.45 bits per heavy atom. The molecule has 0 aliphatic carbocycles. The van der Waals surface area contributed by atoms with Gasteiger partial charge >= 0.3 is 0 Å². The van der Waals surface area contributed by atoms with E-state index in [1.165, 1.54) is 27.1 Å². The lowest BCUT2D eigenvalue weighted by Gasteiger charge is -2.17. The molecule has 0 unspecified atom stereocenters. The van der Waals surface area contributed by atoms with Crippen LogP contribution in [0, 0.1) is 6.92 Å². The summed E-state index contributed by atoms with van der Waals surface area (Å²) in [6, 6.07) is 6.36. The summed E-state index contributed by atoms with van der Waals surface area (Å²) >= 11 is 1.71. The van der Waals surface area contributed by atoms with Crippen molar-refractivity contribution in [1.29, 1.82) is 0 Å². The molecule has 0 saturated carbocycles. The van der Waals surface area contributed by atoms with E-state index >= 15 is 0 Å². The molecule has 2 aliphatic rings. The summed E-state index contributed by atoms with van der Waals surface area (Å²) in [6.45, 7) is 7.84. The normalized spacial score (nSPS) is 17.9. The van der Waals surface area contributed by atoms with Gasteiger partial charge < -0.3 is 9.32 Å². The van der Waals surface area contributed by atoms with Gasteiger partial charge in [0.15, 0.2) is 5.17 Å². The molecule has 2 aliphatic heterocycles. The van der Waals surface area contributed by atoms with E-state index in [4.69, 9.17) is 4.42 Å². The monoisotopic (exact) mass is 282 g/mol. The number of rotatable bonds is 2. The second-order valence-electron chi connectivity index (χ2n) is 4.96. The second-order valence-corrected chi connectivity index (χ2v) is 5.97. The Labute approximate surface area is 121 Å². The van der Waals surface area contributed by atoms with Crippen molar-refractivity contribution in [2.24, 2.45) is 4.99 Å². The first-order chi connectivity index (χ1) is 9.78. The standard InChI is InChI=1S/C16H14N2OS/c1-3-14-15(18-7-6-17-16(18)20-14)11-4-5-13-12(8-11)10(2)9-19-13/h3-5,8-9H,1,6-7H2,2H3. The van der Waals surface area contributed by atoms with Crippen molar-refractivity contribution in [3.05, 3.63) is 53.1 Å². The Bertz CT molecular complexity index is 785. The Kier molecular flexibility index (Phi) is 2.54. The number of hydrogen-bond donors (Lipinski definition) is 0. The van der Waals surface area contributed by atoms with Crippen LogP contribution in [0.15, 0.2) is 51.4 Å². The third-order valence-electron chi connectivity index (χ3n) is 3.73.